The Kier molecular flexibility index (Phi) is 13.4. The van der Waals surface area contributed by atoms with Crippen molar-refractivity contribution in [1.82, 2.24) is 9.88 Å². The first-order chi connectivity index (χ1) is 17.2. The van der Waals surface area contributed by atoms with E-state index < -0.39 is 0 Å². The largest absolute Gasteiger partial charge is 0.462 e. The molecule has 0 radical (unpaired) electrons. The topological polar surface area (TPSA) is 68.7 Å². The highest BCUT2D eigenvalue weighted by molar-refractivity contribution is 7.09. The van der Waals surface area contributed by atoms with E-state index in [2.05, 4.69) is 35.4 Å². The lowest BCUT2D eigenvalue weighted by Crippen LogP contribution is -2.19. The predicted molar refractivity (Wildman–Crippen MR) is 147 cm³/mol. The number of ether oxygens (including phenoxy) is 2. The van der Waals surface area contributed by atoms with Crippen LogP contribution < -0.4 is 0 Å². The molecule has 0 fully saturated rings. The van der Waals surface area contributed by atoms with E-state index in [0.717, 1.165) is 54.9 Å². The van der Waals surface area contributed by atoms with Gasteiger partial charge in [-0.3, -0.25) is 4.79 Å². The van der Waals surface area contributed by atoms with Crippen LogP contribution in [0.5, 0.6) is 0 Å². The molecule has 198 valence electrons. The molecular weight excluding hydrogens is 472 g/mol. The lowest BCUT2D eigenvalue weighted by molar-refractivity contribution is -0.148. The Bertz CT molecular complexity index is 958. The number of carbonyl (C=O) groups excluding carboxylic acids is 2. The molecule has 2 atom stereocenters. The Morgan fingerprint density at radius 2 is 1.97 bits per heavy atom. The van der Waals surface area contributed by atoms with E-state index >= 15 is 0 Å². The van der Waals surface area contributed by atoms with Crippen LogP contribution in [0.1, 0.15) is 70.0 Å². The van der Waals surface area contributed by atoms with Crippen molar-refractivity contribution in [2.75, 3.05) is 20.6 Å². The van der Waals surface area contributed by atoms with Gasteiger partial charge in [-0.1, -0.05) is 41.5 Å². The van der Waals surface area contributed by atoms with Crippen LogP contribution in [0, 0.1) is 0 Å². The number of allylic oxidation sites excluding steroid dienone is 5. The molecule has 0 aromatic carbocycles. The second-order valence-electron chi connectivity index (χ2n) is 9.77. The summed E-state index contributed by atoms with van der Waals surface area (Å²) < 4.78 is 11.3. The summed E-state index contributed by atoms with van der Waals surface area (Å²) in [5.41, 5.74) is 3.28. The Balaban J connectivity index is 2.08. The molecule has 2 bridgehead atoms. The smallest absolute Gasteiger partial charge is 0.331 e. The number of hydrogen-bond acceptors (Lipinski definition) is 7. The second-order valence-corrected chi connectivity index (χ2v) is 10.7. The Hall–Kier alpha value is -2.51. The number of thiazole rings is 1. The van der Waals surface area contributed by atoms with Crippen molar-refractivity contribution in [3.8, 4) is 0 Å². The fraction of sp³-hybridized carbons (Fsp3) is 0.552. The van der Waals surface area contributed by atoms with Gasteiger partial charge in [0.15, 0.2) is 0 Å². The number of rotatable bonds is 6. The van der Waals surface area contributed by atoms with Crippen molar-refractivity contribution < 1.29 is 19.1 Å². The number of fused-ring (bicyclic) bond motifs is 2. The molecule has 1 aliphatic rings. The van der Waals surface area contributed by atoms with Crippen molar-refractivity contribution in [2.45, 2.75) is 84.3 Å². The Morgan fingerprint density at radius 3 is 2.75 bits per heavy atom. The van der Waals surface area contributed by atoms with Crippen molar-refractivity contribution >= 4 is 23.3 Å². The zero-order valence-electron chi connectivity index (χ0n) is 22.5. The number of esters is 2. The van der Waals surface area contributed by atoms with Crippen LogP contribution in [0.2, 0.25) is 0 Å². The Labute approximate surface area is 220 Å². The van der Waals surface area contributed by atoms with Crippen molar-refractivity contribution in [3.63, 3.8) is 0 Å². The zero-order chi connectivity index (χ0) is 26.3. The third kappa shape index (κ3) is 13.0. The fourth-order valence-electron chi connectivity index (χ4n) is 3.82. The molecule has 6 nitrogen and oxygen atoms in total. The molecule has 36 heavy (non-hydrogen) atoms. The lowest BCUT2D eigenvalue weighted by atomic mass is 10.1. The van der Waals surface area contributed by atoms with Gasteiger partial charge in [0, 0.05) is 37.3 Å². The predicted octanol–water partition coefficient (Wildman–Crippen LogP) is 5.99. The minimum absolute atomic E-state index is 0.161. The molecule has 0 N–H and O–H groups in total. The molecule has 2 rings (SSSR count). The molecule has 1 aromatic rings. The van der Waals surface area contributed by atoms with Gasteiger partial charge < -0.3 is 14.4 Å². The first-order valence-corrected chi connectivity index (χ1v) is 13.7. The van der Waals surface area contributed by atoms with E-state index in [1.54, 1.807) is 17.4 Å². The van der Waals surface area contributed by atoms with Crippen LogP contribution in [0.4, 0.5) is 0 Å². The van der Waals surface area contributed by atoms with Crippen LogP contribution >= 0.6 is 11.3 Å². The maximum Gasteiger partial charge on any atom is 0.331 e. The number of likely N-dealkylation sites (N-methyl/N-ethyl adjacent to an activating group) is 1. The highest BCUT2D eigenvalue weighted by Gasteiger charge is 2.16. The average molecular weight is 515 g/mol. The number of nitrogens with zero attached hydrogens (tertiary/aromatic N) is 2. The van der Waals surface area contributed by atoms with Crippen molar-refractivity contribution in [3.05, 3.63) is 63.7 Å². The first-order valence-electron chi connectivity index (χ1n) is 12.9. The van der Waals surface area contributed by atoms with Gasteiger partial charge in [0.2, 0.25) is 0 Å². The fourth-order valence-corrected chi connectivity index (χ4v) is 4.71. The van der Waals surface area contributed by atoms with Crippen LogP contribution in [-0.4, -0.2) is 54.7 Å². The monoisotopic (exact) mass is 514 g/mol. The Morgan fingerprint density at radius 1 is 1.19 bits per heavy atom. The lowest BCUT2D eigenvalue weighted by Gasteiger charge is -2.15. The highest BCUT2D eigenvalue weighted by atomic mass is 32.1. The number of aryl methyl sites for hydroxylation is 1. The van der Waals surface area contributed by atoms with Crippen LogP contribution in [-0.2, 0) is 31.9 Å². The molecule has 2 heterocycles. The summed E-state index contributed by atoms with van der Waals surface area (Å²) in [6.07, 6.45) is 16.8. The molecule has 0 amide bonds. The van der Waals surface area contributed by atoms with Crippen molar-refractivity contribution in [2.24, 2.45) is 0 Å². The number of carbonyl (C=O) groups is 2. The molecule has 7 heteroatoms. The number of cyclic esters (lactones) is 2. The first kappa shape index (κ1) is 29.7. The van der Waals surface area contributed by atoms with Gasteiger partial charge in [-0.2, -0.15) is 0 Å². The summed E-state index contributed by atoms with van der Waals surface area (Å²) in [4.78, 5) is 31.5. The minimum atomic E-state index is -0.357. The molecule has 1 aliphatic heterocycles. The summed E-state index contributed by atoms with van der Waals surface area (Å²) in [5, 5.41) is 3.04. The molecule has 0 aliphatic carbocycles. The van der Waals surface area contributed by atoms with Gasteiger partial charge in [-0.25, -0.2) is 9.78 Å². The van der Waals surface area contributed by atoms with E-state index in [9.17, 15) is 9.59 Å². The average Bonchev–Trinajstić information content (AvgIpc) is 3.24. The summed E-state index contributed by atoms with van der Waals surface area (Å²) in [6, 6.07) is 0. The van der Waals surface area contributed by atoms with Gasteiger partial charge >= 0.3 is 11.9 Å². The summed E-state index contributed by atoms with van der Waals surface area (Å²) in [6.45, 7) is 6.86. The SMILES string of the molecule is CC(/C=C/CCC1Cc2nc(cs2)CCCCC(=O)OC(C)C/C(C)=C/C=C\C(=O)O1)=C\CN(C)C. The number of aromatic nitrogens is 1. The molecule has 0 saturated carbocycles. The number of hydrogen-bond donors (Lipinski definition) is 0. The van der Waals surface area contributed by atoms with Crippen molar-refractivity contribution in [1.29, 1.82) is 0 Å². The van der Waals surface area contributed by atoms with E-state index in [-0.39, 0.29) is 24.1 Å². The minimum Gasteiger partial charge on any atom is -0.462 e. The second kappa shape index (κ2) is 16.3. The van der Waals surface area contributed by atoms with Gasteiger partial charge in [-0.15, -0.1) is 11.3 Å². The van der Waals surface area contributed by atoms with E-state index in [1.165, 1.54) is 11.6 Å². The molecule has 0 spiro atoms. The normalized spacial score (nSPS) is 23.8. The van der Waals surface area contributed by atoms with E-state index in [0.29, 0.717) is 19.3 Å². The summed E-state index contributed by atoms with van der Waals surface area (Å²) in [7, 11) is 4.10. The van der Waals surface area contributed by atoms with Crippen LogP contribution in [0.3, 0.4) is 0 Å². The summed E-state index contributed by atoms with van der Waals surface area (Å²) in [5.74, 6) is -0.518. The standard InChI is InChI=1S/C29H42N2O4S/c1-22(17-18-31(4)5)11-6-8-14-26-20-27-30-25(21-36-27)13-7-9-15-28(32)34-24(3)19-23(2)12-10-16-29(33)35-26/h6,10-12,16-17,21,24,26H,7-9,13-15,18-20H2,1-5H3/b11-6+,16-10-,22-17+,23-12+. The van der Waals surface area contributed by atoms with E-state index in [4.69, 9.17) is 14.5 Å². The zero-order valence-corrected chi connectivity index (χ0v) is 23.3. The van der Waals surface area contributed by atoms with E-state index in [1.807, 2.05) is 34.0 Å². The van der Waals surface area contributed by atoms with Gasteiger partial charge in [-0.05, 0) is 67.0 Å². The highest BCUT2D eigenvalue weighted by Crippen LogP contribution is 2.19. The molecule has 0 saturated heterocycles. The summed E-state index contributed by atoms with van der Waals surface area (Å²) >= 11 is 1.61. The third-order valence-electron chi connectivity index (χ3n) is 5.72. The third-order valence-corrected chi connectivity index (χ3v) is 6.64. The quantitative estimate of drug-likeness (QED) is 0.343. The van der Waals surface area contributed by atoms with Gasteiger partial charge in [0.1, 0.15) is 12.2 Å². The van der Waals surface area contributed by atoms with Gasteiger partial charge in [0.25, 0.3) is 0 Å². The maximum absolute atomic E-state index is 12.5. The van der Waals surface area contributed by atoms with Crippen LogP contribution in [0.15, 0.2) is 53.0 Å². The van der Waals surface area contributed by atoms with Crippen LogP contribution in [0.25, 0.3) is 0 Å². The van der Waals surface area contributed by atoms with Gasteiger partial charge in [0.05, 0.1) is 10.7 Å². The molecular formula is C29H42N2O4S. The molecule has 2 unspecified atom stereocenters. The molecule has 1 aromatic heterocycles. The maximum atomic E-state index is 12.5.